The summed E-state index contributed by atoms with van der Waals surface area (Å²) in [7, 11) is 0. The molecule has 84 heavy (non-hydrogen) atoms. The number of hydrogen-bond acceptors (Lipinski definition) is 14. The predicted octanol–water partition coefficient (Wildman–Crippen LogP) is 19.1. The Hall–Kier alpha value is -1.84. The summed E-state index contributed by atoms with van der Waals surface area (Å²) in [5, 5.41) is 26.1. The summed E-state index contributed by atoms with van der Waals surface area (Å²) in [5.41, 5.74) is 0. The van der Waals surface area contributed by atoms with E-state index >= 15 is 0 Å². The second-order valence-electron chi connectivity index (χ2n) is 26.5. The highest BCUT2D eigenvalue weighted by Crippen LogP contribution is 2.20. The molecule has 14 nitrogen and oxygen atoms in total. The van der Waals surface area contributed by atoms with Crippen molar-refractivity contribution < 1.29 is 5.11 Å². The molecule has 14 heteroatoms. The topological polar surface area (TPSA) is 154 Å². The van der Waals surface area contributed by atoms with Crippen molar-refractivity contribution in [3.8, 4) is 0 Å². The third-order valence-electron chi connectivity index (χ3n) is 18.6. The van der Waals surface area contributed by atoms with E-state index in [-0.39, 0.29) is 24.2 Å². The van der Waals surface area contributed by atoms with Gasteiger partial charge in [0.25, 0.3) is 0 Å². The Morgan fingerprint density at radius 2 is 0.500 bits per heavy atom. The van der Waals surface area contributed by atoms with Crippen molar-refractivity contribution in [3.05, 3.63) is 19.6 Å². The van der Waals surface area contributed by atoms with Crippen LogP contribution in [0.5, 0.6) is 0 Å². The van der Waals surface area contributed by atoms with E-state index < -0.39 is 6.10 Å². The van der Waals surface area contributed by atoms with Gasteiger partial charge in [0.1, 0.15) is 24.2 Å². The third-order valence-corrected chi connectivity index (χ3v) is 18.6. The zero-order valence-electron chi connectivity index (χ0n) is 56.4. The van der Waals surface area contributed by atoms with Gasteiger partial charge in [0.15, 0.2) is 0 Å². The van der Waals surface area contributed by atoms with Gasteiger partial charge < -0.3 is 5.11 Å². The van der Waals surface area contributed by atoms with Crippen molar-refractivity contribution >= 4 is 0 Å². The third kappa shape index (κ3) is 49.1. The van der Waals surface area contributed by atoms with Crippen LogP contribution in [0.2, 0.25) is 0 Å². The molecule has 1 aliphatic heterocycles. The van der Waals surface area contributed by atoms with E-state index in [9.17, 15) is 24.7 Å². The molecule has 1 fully saturated rings. The molecule has 0 aromatic rings. The normalized spacial score (nSPS) is 15.3. The van der Waals surface area contributed by atoms with Gasteiger partial charge in [-0.25, -0.2) is 0 Å². The van der Waals surface area contributed by atoms with Crippen molar-refractivity contribution in [1.82, 2.24) is 24.5 Å². The summed E-state index contributed by atoms with van der Waals surface area (Å²) in [6.45, 7) is 22.9. The fourth-order valence-corrected chi connectivity index (χ4v) is 12.8. The lowest BCUT2D eigenvalue weighted by molar-refractivity contribution is 0.0771. The smallest absolute Gasteiger partial charge is 0.105 e. The molecule has 1 aliphatic rings. The number of aliphatic hydroxyl groups is 1. The molecule has 0 amide bonds. The average molecular weight is 1190 g/mol. The van der Waals surface area contributed by atoms with Gasteiger partial charge in [0.2, 0.25) is 0 Å². The molecular formula is C70H141N9O5. The molecule has 1 rings (SSSR count). The van der Waals surface area contributed by atoms with Crippen LogP contribution in [0.25, 0.3) is 0 Å². The van der Waals surface area contributed by atoms with E-state index in [1.54, 1.807) is 0 Å². The maximum atomic E-state index is 12.6. The van der Waals surface area contributed by atoms with Gasteiger partial charge in [-0.3, -0.25) is 24.5 Å². The highest BCUT2D eigenvalue weighted by atomic mass is 16.3. The Bertz CT molecular complexity index is 1380. The lowest BCUT2D eigenvalue weighted by Crippen LogP contribution is -2.51. The Balaban J connectivity index is 3.11. The molecule has 0 aliphatic carbocycles. The van der Waals surface area contributed by atoms with Crippen molar-refractivity contribution in [2.45, 2.75) is 354 Å². The molecule has 5 unspecified atom stereocenters. The van der Waals surface area contributed by atoms with Crippen LogP contribution >= 0.6 is 0 Å². The number of rotatable bonds is 68. The first kappa shape index (κ1) is 80.2. The molecule has 0 aromatic heterocycles. The molecule has 1 saturated heterocycles. The van der Waals surface area contributed by atoms with Crippen LogP contribution < -0.4 is 0 Å². The predicted molar refractivity (Wildman–Crippen MR) is 363 cm³/mol. The quantitative estimate of drug-likeness (QED) is 0.0460. The van der Waals surface area contributed by atoms with E-state index in [2.05, 4.69) is 79.8 Å². The standard InChI is InChI=1S/C70H141N9O5/c1-6-11-16-21-26-31-36-41-46-66(71-81)61-77(58-60-78(62-67(72-82)47-42-37-32-27-22-17-12-7-2)63-68(73-83)48-43-38-33-28-23-18-13-8-3)57-55-75-51-53-76(54-52-75)56-59-79(65-70(80)50-45-40-35-30-25-20-15-10-5)64-69(74-84)49-44-39-34-29-24-19-14-9-4/h66-70,80H,6-65H2,1-5H3. The molecular weight excluding hydrogens is 1050 g/mol. The summed E-state index contributed by atoms with van der Waals surface area (Å²) >= 11 is 0. The summed E-state index contributed by atoms with van der Waals surface area (Å²) < 4.78 is 0. The van der Waals surface area contributed by atoms with Crippen LogP contribution in [0.3, 0.4) is 0 Å². The summed E-state index contributed by atoms with van der Waals surface area (Å²) in [6, 6.07) is -1.16. The summed E-state index contributed by atoms with van der Waals surface area (Å²) in [4.78, 5) is 62.1. The van der Waals surface area contributed by atoms with Crippen molar-refractivity contribution in [1.29, 1.82) is 0 Å². The van der Waals surface area contributed by atoms with Crippen LogP contribution in [0.1, 0.15) is 324 Å². The highest BCUT2D eigenvalue weighted by molar-refractivity contribution is 4.82. The van der Waals surface area contributed by atoms with Gasteiger partial charge in [-0.15, -0.1) is 0 Å². The van der Waals surface area contributed by atoms with Crippen molar-refractivity contribution in [2.75, 3.05) is 98.2 Å². The van der Waals surface area contributed by atoms with Gasteiger partial charge >= 0.3 is 0 Å². The molecule has 1 N–H and O–H groups in total. The van der Waals surface area contributed by atoms with Gasteiger partial charge in [0.05, 0.1) is 6.10 Å². The largest absolute Gasteiger partial charge is 0.392 e. The van der Waals surface area contributed by atoms with Crippen LogP contribution in [-0.4, -0.2) is 158 Å². The van der Waals surface area contributed by atoms with Gasteiger partial charge in [0, 0.05) is 98.2 Å². The van der Waals surface area contributed by atoms with Crippen molar-refractivity contribution in [3.63, 3.8) is 0 Å². The molecule has 0 aromatic carbocycles. The first-order chi connectivity index (χ1) is 41.3. The van der Waals surface area contributed by atoms with Crippen LogP contribution in [0.15, 0.2) is 20.7 Å². The van der Waals surface area contributed by atoms with E-state index in [1.165, 1.54) is 199 Å². The lowest BCUT2D eigenvalue weighted by Gasteiger charge is -2.37. The Morgan fingerprint density at radius 1 is 0.286 bits per heavy atom. The number of aliphatic hydroxyl groups excluding tert-OH is 1. The van der Waals surface area contributed by atoms with Gasteiger partial charge in [-0.05, 0) is 32.1 Å². The van der Waals surface area contributed by atoms with E-state index in [0.717, 1.165) is 149 Å². The minimum absolute atomic E-state index is 0.243. The minimum Gasteiger partial charge on any atom is -0.392 e. The van der Waals surface area contributed by atoms with Crippen molar-refractivity contribution in [2.24, 2.45) is 20.7 Å². The van der Waals surface area contributed by atoms with E-state index in [0.29, 0.717) is 39.3 Å². The van der Waals surface area contributed by atoms with E-state index in [1.807, 2.05) is 0 Å². The lowest BCUT2D eigenvalue weighted by atomic mass is 10.0. The zero-order valence-corrected chi connectivity index (χ0v) is 56.4. The number of piperazine rings is 1. The fourth-order valence-electron chi connectivity index (χ4n) is 12.8. The first-order valence-corrected chi connectivity index (χ1v) is 36.9. The number of nitrogens with zero attached hydrogens (tertiary/aromatic N) is 9. The maximum Gasteiger partial charge on any atom is 0.105 e. The molecule has 0 spiro atoms. The Kier molecular flexibility index (Phi) is 58.6. The van der Waals surface area contributed by atoms with Gasteiger partial charge in [-0.1, -0.05) is 312 Å². The van der Waals surface area contributed by atoms with Crippen LogP contribution in [-0.2, 0) is 0 Å². The monoisotopic (exact) mass is 1190 g/mol. The first-order valence-electron chi connectivity index (χ1n) is 36.9. The molecule has 0 saturated carbocycles. The zero-order chi connectivity index (χ0) is 61.0. The molecule has 0 radical (unpaired) electrons. The minimum atomic E-state index is -0.396. The molecule has 5 atom stereocenters. The number of hydrogen-bond donors (Lipinski definition) is 1. The summed E-state index contributed by atoms with van der Waals surface area (Å²) in [5.74, 6) is 0. The average Bonchev–Trinajstić information content (AvgIpc) is 3.54. The fraction of sp³-hybridized carbons (Fsp3) is 1.00. The number of unbranched alkanes of at least 4 members (excludes halogenated alkanes) is 35. The summed E-state index contributed by atoms with van der Waals surface area (Å²) in [6.07, 6.45) is 52.8. The maximum absolute atomic E-state index is 12.6. The van der Waals surface area contributed by atoms with Crippen LogP contribution in [0.4, 0.5) is 0 Å². The second kappa shape index (κ2) is 61.4. The SMILES string of the molecule is CCCCCCCCCCC(O)CN(CCN1CCN(CCN(CCN(CC(CCCCCCCCCC)N=O)CC(CCCCCCCCCC)N=O)CC(CCCCCCCCCC)N=O)CC1)CC(CCCCCCCCCC)N=O. The Morgan fingerprint density at radius 3 is 0.774 bits per heavy atom. The van der Waals surface area contributed by atoms with E-state index in [4.69, 9.17) is 0 Å². The molecule has 1 heterocycles. The van der Waals surface area contributed by atoms with Gasteiger partial charge in [-0.2, -0.15) is 19.6 Å². The molecule has 496 valence electrons. The van der Waals surface area contributed by atoms with Crippen LogP contribution in [0, 0.1) is 19.6 Å². The number of nitroso groups, excluding NO2 is 4. The second-order valence-corrected chi connectivity index (χ2v) is 26.5. The highest BCUT2D eigenvalue weighted by Gasteiger charge is 2.25. The Labute approximate surface area is 519 Å². The molecule has 0 bridgehead atoms.